The van der Waals surface area contributed by atoms with E-state index in [-0.39, 0.29) is 17.4 Å². The van der Waals surface area contributed by atoms with Gasteiger partial charge in [0.2, 0.25) is 10.0 Å². The monoisotopic (exact) mass is 341 g/mol. The Balaban J connectivity index is 2.13. The molecule has 9 heteroatoms. The maximum Gasteiger partial charge on any atom is 0.338 e. The lowest BCUT2D eigenvalue weighted by atomic mass is 10.2. The molecule has 110 valence electrons. The van der Waals surface area contributed by atoms with Crippen molar-refractivity contribution in [3.63, 3.8) is 0 Å². The average molecular weight is 342 g/mol. The molecular formula is C11H10Cl2FNO4S. The van der Waals surface area contributed by atoms with E-state index in [1.807, 2.05) is 0 Å². The van der Waals surface area contributed by atoms with Crippen LogP contribution in [-0.2, 0) is 10.0 Å². The number of nitrogens with one attached hydrogen (secondary N) is 1. The van der Waals surface area contributed by atoms with Crippen molar-refractivity contribution >= 4 is 39.2 Å². The Morgan fingerprint density at radius 3 is 2.55 bits per heavy atom. The zero-order valence-electron chi connectivity index (χ0n) is 9.94. The molecular weight excluding hydrogens is 332 g/mol. The minimum absolute atomic E-state index is 0.0393. The van der Waals surface area contributed by atoms with E-state index in [1.165, 1.54) is 0 Å². The Morgan fingerprint density at radius 2 is 2.10 bits per heavy atom. The van der Waals surface area contributed by atoms with Crippen LogP contribution in [0.1, 0.15) is 16.8 Å². The summed E-state index contributed by atoms with van der Waals surface area (Å²) in [6, 6.07) is 2.58. The largest absolute Gasteiger partial charge is 0.478 e. The smallest absolute Gasteiger partial charge is 0.338 e. The van der Waals surface area contributed by atoms with Gasteiger partial charge in [0.25, 0.3) is 0 Å². The van der Waals surface area contributed by atoms with Crippen LogP contribution in [0.2, 0.25) is 0 Å². The van der Waals surface area contributed by atoms with Crippen LogP contribution >= 0.6 is 23.2 Å². The highest BCUT2D eigenvalue weighted by Gasteiger charge is 2.51. The predicted molar refractivity (Wildman–Crippen MR) is 71.1 cm³/mol. The van der Waals surface area contributed by atoms with Crippen molar-refractivity contribution in [1.29, 1.82) is 0 Å². The summed E-state index contributed by atoms with van der Waals surface area (Å²) in [5.74, 6) is -2.77. The number of aromatic carboxylic acids is 1. The fourth-order valence-electron chi connectivity index (χ4n) is 1.62. The molecule has 1 aromatic rings. The first-order valence-electron chi connectivity index (χ1n) is 5.54. The zero-order chi connectivity index (χ0) is 15.1. The molecule has 0 aromatic heterocycles. The number of benzene rings is 1. The molecule has 0 bridgehead atoms. The maximum atomic E-state index is 13.5. The second kappa shape index (κ2) is 5.14. The topological polar surface area (TPSA) is 83.5 Å². The molecule has 0 spiro atoms. The number of carbonyl (C=O) groups is 1. The van der Waals surface area contributed by atoms with Crippen molar-refractivity contribution in [3.05, 3.63) is 29.6 Å². The number of carboxylic acid groups (broad SMARTS) is 1. The van der Waals surface area contributed by atoms with Crippen LogP contribution in [0, 0.1) is 11.7 Å². The van der Waals surface area contributed by atoms with Crippen LogP contribution in [-0.4, -0.2) is 30.4 Å². The number of rotatable bonds is 5. The molecule has 1 unspecified atom stereocenters. The SMILES string of the molecule is O=C(O)c1ccc(S(=O)(=O)NCC2CC2(Cl)Cl)cc1F. The fourth-order valence-corrected chi connectivity index (χ4v) is 3.24. The third-order valence-corrected chi connectivity index (χ3v) is 5.30. The normalized spacial score (nSPS) is 20.6. The van der Waals surface area contributed by atoms with Gasteiger partial charge in [-0.3, -0.25) is 0 Å². The lowest BCUT2D eigenvalue weighted by Gasteiger charge is -2.07. The summed E-state index contributed by atoms with van der Waals surface area (Å²) in [7, 11) is -3.93. The maximum absolute atomic E-state index is 13.5. The average Bonchev–Trinajstić information content (AvgIpc) is 2.94. The second-order valence-electron chi connectivity index (χ2n) is 4.46. The number of alkyl halides is 2. The molecule has 0 amide bonds. The van der Waals surface area contributed by atoms with Gasteiger partial charge in [-0.15, -0.1) is 23.2 Å². The minimum atomic E-state index is -3.93. The number of hydrogen-bond acceptors (Lipinski definition) is 3. The first-order chi connectivity index (χ1) is 9.13. The van der Waals surface area contributed by atoms with Crippen molar-refractivity contribution in [2.45, 2.75) is 15.6 Å². The molecule has 0 radical (unpaired) electrons. The van der Waals surface area contributed by atoms with Crippen molar-refractivity contribution in [2.24, 2.45) is 5.92 Å². The predicted octanol–water partition coefficient (Wildman–Crippen LogP) is 2.00. The van der Waals surface area contributed by atoms with Gasteiger partial charge in [0.1, 0.15) is 10.2 Å². The molecule has 0 heterocycles. The van der Waals surface area contributed by atoms with Crippen LogP contribution in [0.4, 0.5) is 4.39 Å². The Hall–Kier alpha value is -0.890. The summed E-state index contributed by atoms with van der Waals surface area (Å²) in [6.45, 7) is 0.0393. The quantitative estimate of drug-likeness (QED) is 0.802. The molecule has 1 aliphatic rings. The van der Waals surface area contributed by atoms with Crippen LogP contribution in [0.5, 0.6) is 0 Å². The van der Waals surface area contributed by atoms with E-state index < -0.39 is 31.7 Å². The molecule has 0 saturated heterocycles. The molecule has 2 N–H and O–H groups in total. The summed E-state index contributed by atoms with van der Waals surface area (Å²) < 4.78 is 38.6. The van der Waals surface area contributed by atoms with E-state index in [9.17, 15) is 17.6 Å². The van der Waals surface area contributed by atoms with Crippen LogP contribution in [0.3, 0.4) is 0 Å². The molecule has 20 heavy (non-hydrogen) atoms. The van der Waals surface area contributed by atoms with Gasteiger partial charge in [-0.1, -0.05) is 0 Å². The van der Waals surface area contributed by atoms with Crippen molar-refractivity contribution in [2.75, 3.05) is 6.54 Å². The van der Waals surface area contributed by atoms with E-state index in [2.05, 4.69) is 4.72 Å². The van der Waals surface area contributed by atoms with Crippen LogP contribution in [0.15, 0.2) is 23.1 Å². The van der Waals surface area contributed by atoms with Gasteiger partial charge in [-0.05, 0) is 24.6 Å². The third-order valence-electron chi connectivity index (χ3n) is 2.96. The van der Waals surface area contributed by atoms with Gasteiger partial charge in [0.15, 0.2) is 0 Å². The van der Waals surface area contributed by atoms with E-state index in [0.29, 0.717) is 12.5 Å². The Bertz CT molecular complexity index is 662. The summed E-state index contributed by atoms with van der Waals surface area (Å²) in [5, 5.41) is 8.67. The summed E-state index contributed by atoms with van der Waals surface area (Å²) in [6.07, 6.45) is 0.477. The van der Waals surface area contributed by atoms with Crippen molar-refractivity contribution in [3.8, 4) is 0 Å². The highest BCUT2D eigenvalue weighted by atomic mass is 35.5. The number of sulfonamides is 1. The highest BCUT2D eigenvalue weighted by Crippen LogP contribution is 2.52. The molecule has 1 saturated carbocycles. The van der Waals surface area contributed by atoms with E-state index in [1.54, 1.807) is 0 Å². The highest BCUT2D eigenvalue weighted by molar-refractivity contribution is 7.89. The molecule has 0 aliphatic heterocycles. The Labute approximate surface area is 124 Å². The van der Waals surface area contributed by atoms with Crippen molar-refractivity contribution < 1.29 is 22.7 Å². The van der Waals surface area contributed by atoms with Gasteiger partial charge in [0, 0.05) is 12.5 Å². The molecule has 1 aliphatic carbocycles. The first kappa shape index (κ1) is 15.5. The summed E-state index contributed by atoms with van der Waals surface area (Å²) in [5.41, 5.74) is -0.591. The first-order valence-corrected chi connectivity index (χ1v) is 7.78. The molecule has 5 nitrogen and oxygen atoms in total. The van der Waals surface area contributed by atoms with Gasteiger partial charge < -0.3 is 5.11 Å². The third kappa shape index (κ3) is 3.22. The number of hydrogen-bond donors (Lipinski definition) is 2. The van der Waals surface area contributed by atoms with E-state index in [4.69, 9.17) is 28.3 Å². The lowest BCUT2D eigenvalue weighted by molar-refractivity contribution is 0.0691. The van der Waals surface area contributed by atoms with Crippen molar-refractivity contribution in [1.82, 2.24) is 4.72 Å². The van der Waals surface area contributed by atoms with Gasteiger partial charge in [-0.25, -0.2) is 22.3 Å². The Morgan fingerprint density at radius 1 is 1.50 bits per heavy atom. The van der Waals surface area contributed by atoms with Gasteiger partial charge in [0.05, 0.1) is 10.5 Å². The number of carboxylic acids is 1. The molecule has 1 fully saturated rings. The molecule has 2 rings (SSSR count). The molecule has 1 atom stereocenters. The van der Waals surface area contributed by atoms with Gasteiger partial charge in [-0.2, -0.15) is 0 Å². The lowest BCUT2D eigenvalue weighted by Crippen LogP contribution is -2.27. The minimum Gasteiger partial charge on any atom is -0.478 e. The fraction of sp³-hybridized carbons (Fsp3) is 0.364. The van der Waals surface area contributed by atoms with E-state index >= 15 is 0 Å². The number of halogens is 3. The summed E-state index contributed by atoms with van der Waals surface area (Å²) >= 11 is 11.5. The molecule has 1 aromatic carbocycles. The Kier molecular flexibility index (Phi) is 3.98. The second-order valence-corrected chi connectivity index (χ2v) is 7.77. The standard InChI is InChI=1S/C11H10Cl2FNO4S/c12-11(13)4-6(11)5-15-20(18,19)7-1-2-8(10(16)17)9(14)3-7/h1-3,6,15H,4-5H2,(H,16,17). The zero-order valence-corrected chi connectivity index (χ0v) is 12.3. The van der Waals surface area contributed by atoms with E-state index in [0.717, 1.165) is 12.1 Å². The van der Waals surface area contributed by atoms with Crippen LogP contribution < -0.4 is 4.72 Å². The van der Waals surface area contributed by atoms with Crippen LogP contribution in [0.25, 0.3) is 0 Å². The van der Waals surface area contributed by atoms with Gasteiger partial charge >= 0.3 is 5.97 Å². The summed E-state index contributed by atoms with van der Waals surface area (Å²) in [4.78, 5) is 10.3.